The Morgan fingerprint density at radius 1 is 1.18 bits per heavy atom. The third-order valence-electron chi connectivity index (χ3n) is 4.98. The molecular formula is C22H25N3O3. The van der Waals surface area contributed by atoms with Crippen molar-refractivity contribution in [1.82, 2.24) is 14.3 Å². The summed E-state index contributed by atoms with van der Waals surface area (Å²) in [5.74, 6) is 0. The van der Waals surface area contributed by atoms with Gasteiger partial charge in [-0.1, -0.05) is 30.3 Å². The number of amides is 1. The van der Waals surface area contributed by atoms with Crippen LogP contribution in [0.3, 0.4) is 0 Å². The van der Waals surface area contributed by atoms with E-state index in [9.17, 15) is 9.59 Å². The molecule has 0 saturated carbocycles. The van der Waals surface area contributed by atoms with Gasteiger partial charge in [0.15, 0.2) is 0 Å². The van der Waals surface area contributed by atoms with E-state index < -0.39 is 5.60 Å². The molecule has 4 rings (SSSR count). The molecule has 28 heavy (non-hydrogen) atoms. The van der Waals surface area contributed by atoms with Crippen LogP contribution in [0.5, 0.6) is 0 Å². The molecule has 3 heterocycles. The maximum Gasteiger partial charge on any atom is 0.410 e. The van der Waals surface area contributed by atoms with Crippen molar-refractivity contribution in [2.75, 3.05) is 6.54 Å². The van der Waals surface area contributed by atoms with Crippen molar-refractivity contribution in [2.24, 2.45) is 0 Å². The molecule has 0 unspecified atom stereocenters. The van der Waals surface area contributed by atoms with Gasteiger partial charge in [0.25, 0.3) is 5.56 Å². The fourth-order valence-corrected chi connectivity index (χ4v) is 3.67. The number of aromatic amines is 1. The van der Waals surface area contributed by atoms with Gasteiger partial charge in [0.05, 0.1) is 12.2 Å². The molecule has 2 aromatic heterocycles. The van der Waals surface area contributed by atoms with E-state index in [1.807, 2.05) is 55.6 Å². The zero-order valence-corrected chi connectivity index (χ0v) is 16.5. The molecule has 6 heteroatoms. The van der Waals surface area contributed by atoms with E-state index in [2.05, 4.69) is 17.1 Å². The number of nitrogens with one attached hydrogen (secondary N) is 1. The minimum atomic E-state index is -0.544. The lowest BCUT2D eigenvalue weighted by Crippen LogP contribution is -2.42. The predicted octanol–water partition coefficient (Wildman–Crippen LogP) is 3.51. The van der Waals surface area contributed by atoms with Gasteiger partial charge in [-0.2, -0.15) is 0 Å². The first kappa shape index (κ1) is 18.3. The number of nitrogens with zero attached hydrogens (tertiary/aromatic N) is 2. The molecule has 3 aromatic rings. The Balaban J connectivity index is 1.69. The van der Waals surface area contributed by atoms with E-state index in [1.165, 1.54) is 5.56 Å². The maximum atomic E-state index is 12.7. The van der Waals surface area contributed by atoms with E-state index in [-0.39, 0.29) is 11.7 Å². The number of hydrogen-bond acceptors (Lipinski definition) is 3. The van der Waals surface area contributed by atoms with Crippen LogP contribution >= 0.6 is 0 Å². The summed E-state index contributed by atoms with van der Waals surface area (Å²) in [7, 11) is 0. The van der Waals surface area contributed by atoms with Gasteiger partial charge in [0.2, 0.25) is 0 Å². The standard InChI is InChI=1S/C22H25N3O3/c1-22(2,3)28-21(27)24-11-10-17-18(14-24)25-12-9-16(19(25)23-20(17)26)13-15-7-5-4-6-8-15/h4-9,12H,10-11,13-14H2,1-3H3,(H,23,26). The highest BCUT2D eigenvalue weighted by atomic mass is 16.6. The summed E-state index contributed by atoms with van der Waals surface area (Å²) in [5.41, 5.74) is 4.02. The first-order valence-electron chi connectivity index (χ1n) is 9.57. The summed E-state index contributed by atoms with van der Waals surface area (Å²) >= 11 is 0. The van der Waals surface area contributed by atoms with Gasteiger partial charge in [-0.3, -0.25) is 4.79 Å². The number of H-pyrrole nitrogens is 1. The highest BCUT2D eigenvalue weighted by Gasteiger charge is 2.28. The Bertz CT molecular complexity index is 1070. The van der Waals surface area contributed by atoms with Crippen LogP contribution in [0, 0.1) is 0 Å². The molecule has 0 spiro atoms. The summed E-state index contributed by atoms with van der Waals surface area (Å²) in [4.78, 5) is 29.9. The minimum Gasteiger partial charge on any atom is -0.444 e. The molecule has 1 amide bonds. The summed E-state index contributed by atoms with van der Waals surface area (Å²) in [5, 5.41) is 0. The van der Waals surface area contributed by atoms with E-state index in [0.29, 0.717) is 19.5 Å². The highest BCUT2D eigenvalue weighted by Crippen LogP contribution is 2.22. The third kappa shape index (κ3) is 3.54. The molecule has 1 N–H and O–H groups in total. The van der Waals surface area contributed by atoms with Gasteiger partial charge in [0, 0.05) is 24.7 Å². The average Bonchev–Trinajstić information content (AvgIpc) is 3.04. The van der Waals surface area contributed by atoms with Gasteiger partial charge in [-0.25, -0.2) is 4.79 Å². The van der Waals surface area contributed by atoms with E-state index in [4.69, 9.17) is 4.74 Å². The van der Waals surface area contributed by atoms with E-state index >= 15 is 0 Å². The lowest BCUT2D eigenvalue weighted by Gasteiger charge is -2.31. The quantitative estimate of drug-likeness (QED) is 0.741. The van der Waals surface area contributed by atoms with Gasteiger partial charge in [-0.05, 0) is 44.4 Å². The fraction of sp³-hybridized carbons (Fsp3) is 0.364. The van der Waals surface area contributed by atoms with Crippen LogP contribution in [-0.2, 0) is 24.1 Å². The lowest BCUT2D eigenvalue weighted by atomic mass is 10.1. The second kappa shape index (κ2) is 6.86. The first-order valence-corrected chi connectivity index (χ1v) is 9.57. The Labute approximate surface area is 163 Å². The molecule has 0 bridgehead atoms. The smallest absolute Gasteiger partial charge is 0.410 e. The van der Waals surface area contributed by atoms with Crippen LogP contribution in [0.15, 0.2) is 47.4 Å². The molecular weight excluding hydrogens is 354 g/mol. The van der Waals surface area contributed by atoms with E-state index in [1.54, 1.807) is 4.90 Å². The van der Waals surface area contributed by atoms with Crippen molar-refractivity contribution >= 4 is 11.7 Å². The first-order chi connectivity index (χ1) is 13.3. The Hall–Kier alpha value is -3.02. The summed E-state index contributed by atoms with van der Waals surface area (Å²) in [6.45, 7) is 6.41. The minimum absolute atomic E-state index is 0.0700. The zero-order valence-electron chi connectivity index (χ0n) is 16.5. The zero-order chi connectivity index (χ0) is 19.9. The largest absolute Gasteiger partial charge is 0.444 e. The van der Waals surface area contributed by atoms with Crippen molar-refractivity contribution < 1.29 is 9.53 Å². The number of hydrogen-bond donors (Lipinski definition) is 1. The molecule has 0 radical (unpaired) electrons. The second-order valence-corrected chi connectivity index (χ2v) is 8.25. The monoisotopic (exact) mass is 379 g/mol. The van der Waals surface area contributed by atoms with Crippen molar-refractivity contribution in [1.29, 1.82) is 0 Å². The molecule has 1 aliphatic rings. The summed E-state index contributed by atoms with van der Waals surface area (Å²) in [6, 6.07) is 12.2. The predicted molar refractivity (Wildman–Crippen MR) is 108 cm³/mol. The molecule has 0 aliphatic carbocycles. The normalized spacial score (nSPS) is 14.2. The number of aromatic nitrogens is 2. The van der Waals surface area contributed by atoms with Crippen molar-refractivity contribution in [3.8, 4) is 0 Å². The number of carbonyl (C=O) groups excluding carboxylic acids is 1. The number of fused-ring (bicyclic) bond motifs is 3. The van der Waals surface area contributed by atoms with Crippen LogP contribution in [0.4, 0.5) is 4.79 Å². The average molecular weight is 379 g/mol. The Morgan fingerprint density at radius 3 is 2.64 bits per heavy atom. The number of carbonyl (C=O) groups is 1. The molecule has 0 atom stereocenters. The van der Waals surface area contributed by atoms with Crippen LogP contribution < -0.4 is 5.56 Å². The van der Waals surface area contributed by atoms with Crippen LogP contribution in [-0.4, -0.2) is 32.5 Å². The SMILES string of the molecule is CC(C)(C)OC(=O)N1CCc2c(n3ccc(Cc4ccccc4)c3[nH]c2=O)C1. The molecule has 146 valence electrons. The highest BCUT2D eigenvalue weighted by molar-refractivity contribution is 5.68. The third-order valence-corrected chi connectivity index (χ3v) is 4.98. The second-order valence-electron chi connectivity index (χ2n) is 8.25. The van der Waals surface area contributed by atoms with Gasteiger partial charge >= 0.3 is 6.09 Å². The topological polar surface area (TPSA) is 66.8 Å². The van der Waals surface area contributed by atoms with Gasteiger partial charge in [-0.15, -0.1) is 0 Å². The summed E-state index contributed by atoms with van der Waals surface area (Å²) < 4.78 is 7.52. The van der Waals surface area contributed by atoms with Gasteiger partial charge in [0.1, 0.15) is 11.2 Å². The molecule has 1 aromatic carbocycles. The number of ether oxygens (including phenoxy) is 1. The molecule has 0 fully saturated rings. The molecule has 6 nitrogen and oxygen atoms in total. The maximum absolute atomic E-state index is 12.7. The van der Waals surface area contributed by atoms with Crippen molar-refractivity contribution in [3.63, 3.8) is 0 Å². The fourth-order valence-electron chi connectivity index (χ4n) is 3.67. The molecule has 1 aliphatic heterocycles. The van der Waals surface area contributed by atoms with Crippen LogP contribution in [0.25, 0.3) is 5.65 Å². The summed E-state index contributed by atoms with van der Waals surface area (Å²) in [6.07, 6.45) is 2.89. The number of rotatable bonds is 2. The van der Waals surface area contributed by atoms with Crippen LogP contribution in [0.1, 0.15) is 43.2 Å². The Morgan fingerprint density at radius 2 is 1.93 bits per heavy atom. The van der Waals surface area contributed by atoms with E-state index in [0.717, 1.165) is 28.9 Å². The molecule has 0 saturated heterocycles. The Kier molecular flexibility index (Phi) is 4.49. The number of benzene rings is 1. The van der Waals surface area contributed by atoms with Gasteiger partial charge < -0.3 is 19.0 Å². The van der Waals surface area contributed by atoms with Crippen molar-refractivity contribution in [3.05, 3.63) is 75.3 Å². The lowest BCUT2D eigenvalue weighted by molar-refractivity contribution is 0.0219. The van der Waals surface area contributed by atoms with Crippen LogP contribution in [0.2, 0.25) is 0 Å². The van der Waals surface area contributed by atoms with Crippen molar-refractivity contribution in [2.45, 2.75) is 45.8 Å².